The monoisotopic (exact) mass is 369 g/mol. The highest BCUT2D eigenvalue weighted by molar-refractivity contribution is 9.09. The molecule has 0 bridgehead atoms. The SMILES string of the molecule is CC(CCBr)CCOc1cc(Cl)c(Cl)cc1[N+](=O)[O-]. The van der Waals surface area contributed by atoms with Crippen molar-refractivity contribution in [2.75, 3.05) is 11.9 Å². The summed E-state index contributed by atoms with van der Waals surface area (Å²) in [7, 11) is 0. The van der Waals surface area contributed by atoms with E-state index in [1.807, 2.05) is 0 Å². The fraction of sp³-hybridized carbons (Fsp3) is 0.500. The van der Waals surface area contributed by atoms with E-state index in [4.69, 9.17) is 27.9 Å². The number of benzene rings is 1. The van der Waals surface area contributed by atoms with Gasteiger partial charge in [0.15, 0.2) is 5.75 Å². The van der Waals surface area contributed by atoms with Crippen molar-refractivity contribution < 1.29 is 9.66 Å². The highest BCUT2D eigenvalue weighted by atomic mass is 79.9. The molecule has 0 fully saturated rings. The van der Waals surface area contributed by atoms with E-state index >= 15 is 0 Å². The van der Waals surface area contributed by atoms with Gasteiger partial charge < -0.3 is 4.74 Å². The minimum Gasteiger partial charge on any atom is -0.487 e. The number of nitro benzene ring substituents is 1. The summed E-state index contributed by atoms with van der Waals surface area (Å²) in [6, 6.07) is 2.60. The predicted molar refractivity (Wildman–Crippen MR) is 80.8 cm³/mol. The lowest BCUT2D eigenvalue weighted by molar-refractivity contribution is -0.385. The molecule has 4 nitrogen and oxygen atoms in total. The summed E-state index contributed by atoms with van der Waals surface area (Å²) in [5.74, 6) is 0.645. The fourth-order valence-corrected chi connectivity index (χ4v) is 2.57. The van der Waals surface area contributed by atoms with Gasteiger partial charge >= 0.3 is 5.69 Å². The van der Waals surface area contributed by atoms with E-state index in [2.05, 4.69) is 22.9 Å². The first-order valence-corrected chi connectivity index (χ1v) is 7.65. The molecule has 0 heterocycles. The zero-order chi connectivity index (χ0) is 14.4. The number of hydrogen-bond donors (Lipinski definition) is 0. The van der Waals surface area contributed by atoms with E-state index in [9.17, 15) is 10.1 Å². The largest absolute Gasteiger partial charge is 0.487 e. The average Bonchev–Trinajstić information content (AvgIpc) is 2.33. The van der Waals surface area contributed by atoms with Gasteiger partial charge in [-0.15, -0.1) is 0 Å². The fourth-order valence-electron chi connectivity index (χ4n) is 1.48. The van der Waals surface area contributed by atoms with E-state index in [1.54, 1.807) is 0 Å². The van der Waals surface area contributed by atoms with Crippen molar-refractivity contribution in [3.05, 3.63) is 32.3 Å². The lowest BCUT2D eigenvalue weighted by atomic mass is 10.1. The van der Waals surface area contributed by atoms with Gasteiger partial charge in [0.1, 0.15) is 0 Å². The second-order valence-corrected chi connectivity index (χ2v) is 5.82. The summed E-state index contributed by atoms with van der Waals surface area (Å²) in [6.07, 6.45) is 1.86. The van der Waals surface area contributed by atoms with Crippen molar-refractivity contribution in [3.8, 4) is 5.75 Å². The molecule has 1 atom stereocenters. The molecule has 0 N–H and O–H groups in total. The topological polar surface area (TPSA) is 52.4 Å². The van der Waals surface area contributed by atoms with Crippen LogP contribution in [0.1, 0.15) is 19.8 Å². The third-order valence-electron chi connectivity index (χ3n) is 2.67. The summed E-state index contributed by atoms with van der Waals surface area (Å²) >= 11 is 15.0. The molecule has 0 aromatic heterocycles. The van der Waals surface area contributed by atoms with E-state index in [0.29, 0.717) is 12.5 Å². The van der Waals surface area contributed by atoms with Crippen LogP contribution in [0.5, 0.6) is 5.75 Å². The molecule has 0 saturated carbocycles. The maximum atomic E-state index is 10.9. The molecule has 7 heteroatoms. The van der Waals surface area contributed by atoms with Gasteiger partial charge in [-0.3, -0.25) is 10.1 Å². The van der Waals surface area contributed by atoms with Crippen LogP contribution in [-0.4, -0.2) is 16.9 Å². The molecular formula is C12H14BrCl2NO3. The molecule has 0 aliphatic rings. The molecule has 0 aliphatic heterocycles. The Kier molecular flexibility index (Phi) is 6.89. The molecule has 0 radical (unpaired) electrons. The Morgan fingerprint density at radius 1 is 1.37 bits per heavy atom. The number of nitro groups is 1. The standard InChI is InChI=1S/C12H14BrCl2NO3/c1-8(2-4-13)3-5-19-12-7-10(15)9(14)6-11(12)16(17)18/h6-8H,2-5H2,1H3. The summed E-state index contributed by atoms with van der Waals surface area (Å²) < 4.78 is 5.45. The number of rotatable bonds is 7. The van der Waals surface area contributed by atoms with Gasteiger partial charge in [-0.1, -0.05) is 46.1 Å². The maximum absolute atomic E-state index is 10.9. The van der Waals surface area contributed by atoms with Crippen LogP contribution in [0.15, 0.2) is 12.1 Å². The molecule has 106 valence electrons. The Morgan fingerprint density at radius 3 is 2.58 bits per heavy atom. The average molecular weight is 371 g/mol. The van der Waals surface area contributed by atoms with Gasteiger partial charge in [0.2, 0.25) is 0 Å². The number of alkyl halides is 1. The molecule has 19 heavy (non-hydrogen) atoms. The second kappa shape index (κ2) is 7.92. The summed E-state index contributed by atoms with van der Waals surface area (Å²) in [5, 5.41) is 12.2. The van der Waals surface area contributed by atoms with Gasteiger partial charge in [0.05, 0.1) is 21.6 Å². The van der Waals surface area contributed by atoms with Gasteiger partial charge in [-0.25, -0.2) is 0 Å². The highest BCUT2D eigenvalue weighted by Gasteiger charge is 2.18. The molecule has 0 aliphatic carbocycles. The predicted octanol–water partition coefficient (Wildman–Crippen LogP) is 5.09. The molecule has 0 spiro atoms. The maximum Gasteiger partial charge on any atom is 0.312 e. The van der Waals surface area contributed by atoms with Crippen LogP contribution in [0.4, 0.5) is 5.69 Å². The molecule has 1 unspecified atom stereocenters. The van der Waals surface area contributed by atoms with Crippen LogP contribution in [0.2, 0.25) is 10.0 Å². The number of halogens is 3. The Labute approximate surface area is 130 Å². The highest BCUT2D eigenvalue weighted by Crippen LogP contribution is 2.35. The molecule has 0 amide bonds. The number of ether oxygens (including phenoxy) is 1. The first-order chi connectivity index (χ1) is 8.95. The molecule has 1 aromatic carbocycles. The number of hydrogen-bond acceptors (Lipinski definition) is 3. The van der Waals surface area contributed by atoms with Crippen molar-refractivity contribution >= 4 is 44.8 Å². The van der Waals surface area contributed by atoms with E-state index < -0.39 is 4.92 Å². The Morgan fingerprint density at radius 2 is 2.00 bits per heavy atom. The quantitative estimate of drug-likeness (QED) is 0.381. The third kappa shape index (κ3) is 5.16. The van der Waals surface area contributed by atoms with Crippen molar-refractivity contribution in [2.24, 2.45) is 5.92 Å². The van der Waals surface area contributed by atoms with Gasteiger partial charge in [0, 0.05) is 17.5 Å². The lowest BCUT2D eigenvalue weighted by Gasteiger charge is -2.11. The van der Waals surface area contributed by atoms with E-state index in [1.165, 1.54) is 12.1 Å². The number of nitrogens with zero attached hydrogens (tertiary/aromatic N) is 1. The minimum absolute atomic E-state index is 0.147. The Balaban J connectivity index is 2.72. The lowest BCUT2D eigenvalue weighted by Crippen LogP contribution is -2.06. The summed E-state index contributed by atoms with van der Waals surface area (Å²) in [6.45, 7) is 2.51. The Bertz CT molecular complexity index is 457. The molecule has 0 saturated heterocycles. The van der Waals surface area contributed by atoms with Crippen LogP contribution in [0.3, 0.4) is 0 Å². The third-order valence-corrected chi connectivity index (χ3v) is 3.85. The van der Waals surface area contributed by atoms with E-state index in [-0.39, 0.29) is 21.5 Å². The van der Waals surface area contributed by atoms with Crippen LogP contribution >= 0.6 is 39.1 Å². The normalized spacial score (nSPS) is 12.2. The van der Waals surface area contributed by atoms with Gasteiger partial charge in [-0.05, 0) is 18.8 Å². The van der Waals surface area contributed by atoms with Crippen molar-refractivity contribution in [2.45, 2.75) is 19.8 Å². The first-order valence-electron chi connectivity index (χ1n) is 5.78. The summed E-state index contributed by atoms with van der Waals surface area (Å²) in [4.78, 5) is 10.4. The van der Waals surface area contributed by atoms with Crippen LogP contribution < -0.4 is 4.74 Å². The van der Waals surface area contributed by atoms with Gasteiger partial charge in [0.25, 0.3) is 0 Å². The molecule has 1 aromatic rings. The van der Waals surface area contributed by atoms with Crippen molar-refractivity contribution in [3.63, 3.8) is 0 Å². The van der Waals surface area contributed by atoms with Crippen molar-refractivity contribution in [1.82, 2.24) is 0 Å². The summed E-state index contributed by atoms with van der Waals surface area (Å²) in [5.41, 5.74) is -0.164. The van der Waals surface area contributed by atoms with Gasteiger partial charge in [-0.2, -0.15) is 0 Å². The zero-order valence-corrected chi connectivity index (χ0v) is 13.5. The van der Waals surface area contributed by atoms with Crippen LogP contribution in [0.25, 0.3) is 0 Å². The molecular weight excluding hydrogens is 357 g/mol. The second-order valence-electron chi connectivity index (χ2n) is 4.21. The van der Waals surface area contributed by atoms with Crippen molar-refractivity contribution in [1.29, 1.82) is 0 Å². The smallest absolute Gasteiger partial charge is 0.312 e. The zero-order valence-electron chi connectivity index (χ0n) is 10.4. The van der Waals surface area contributed by atoms with Crippen LogP contribution in [0, 0.1) is 16.0 Å². The first kappa shape index (κ1) is 16.5. The minimum atomic E-state index is -0.528. The molecule has 1 rings (SSSR count). The van der Waals surface area contributed by atoms with E-state index in [0.717, 1.165) is 18.2 Å². The Hall–Kier alpha value is -0.520. The van der Waals surface area contributed by atoms with Crippen LogP contribution in [-0.2, 0) is 0 Å².